The molecule has 76 valence electrons. The lowest BCUT2D eigenvalue weighted by molar-refractivity contribution is 0.494. The predicted octanol–water partition coefficient (Wildman–Crippen LogP) is 2.56. The molecule has 5 heteroatoms. The van der Waals surface area contributed by atoms with E-state index in [1.165, 1.54) is 5.56 Å². The van der Waals surface area contributed by atoms with Crippen molar-refractivity contribution in [2.75, 3.05) is 13.1 Å². The van der Waals surface area contributed by atoms with Gasteiger partial charge in [0, 0.05) is 19.6 Å². The van der Waals surface area contributed by atoms with Crippen LogP contribution < -0.4 is 5.09 Å². The van der Waals surface area contributed by atoms with Crippen molar-refractivity contribution in [3.63, 3.8) is 0 Å². The Kier molecular flexibility index (Phi) is 3.25. The highest BCUT2D eigenvalue weighted by Gasteiger charge is 2.28. The highest BCUT2D eigenvalue weighted by molar-refractivity contribution is 8.25. The zero-order valence-corrected chi connectivity index (χ0v) is 10.2. The fourth-order valence-corrected chi connectivity index (χ4v) is 4.12. The lowest BCUT2D eigenvalue weighted by atomic mass is 10.2. The maximum Gasteiger partial charge on any atom is 0.162 e. The van der Waals surface area contributed by atoms with Crippen molar-refractivity contribution in [3.05, 3.63) is 35.9 Å². The number of rotatable bonds is 2. The second kappa shape index (κ2) is 4.30. The van der Waals surface area contributed by atoms with Gasteiger partial charge in [-0.15, -0.1) is 0 Å². The van der Waals surface area contributed by atoms with Gasteiger partial charge in [-0.1, -0.05) is 41.6 Å². The average molecular weight is 247 g/mol. The van der Waals surface area contributed by atoms with E-state index in [9.17, 15) is 0 Å². The van der Waals surface area contributed by atoms with Crippen LogP contribution in [0, 0.1) is 0 Å². The summed E-state index contributed by atoms with van der Waals surface area (Å²) < 4.78 is 2.17. The second-order valence-electron chi connectivity index (χ2n) is 3.28. The topological polar surface area (TPSA) is 15.3 Å². The Morgan fingerprint density at radius 1 is 1.43 bits per heavy atom. The standard InChI is InChI=1S/C9H12ClN2PS/c10-13(14)11-6-7-12(13)8-9-4-2-1-3-5-9/h1-5H,6-8H2,(H,11,14). The van der Waals surface area contributed by atoms with Gasteiger partial charge >= 0.3 is 0 Å². The summed E-state index contributed by atoms with van der Waals surface area (Å²) in [7, 11) is 0. The minimum absolute atomic E-state index is 0.856. The predicted molar refractivity (Wildman–Crippen MR) is 65.0 cm³/mol. The molecule has 1 heterocycles. The van der Waals surface area contributed by atoms with Crippen LogP contribution >= 0.6 is 16.9 Å². The molecule has 1 unspecified atom stereocenters. The third-order valence-electron chi connectivity index (χ3n) is 2.25. The van der Waals surface area contributed by atoms with Gasteiger partial charge in [-0.3, -0.25) is 5.09 Å². The summed E-state index contributed by atoms with van der Waals surface area (Å²) in [5.74, 6) is 0. The maximum atomic E-state index is 6.22. The first-order chi connectivity index (χ1) is 6.68. The molecule has 1 aliphatic rings. The zero-order valence-electron chi connectivity index (χ0n) is 7.69. The lowest BCUT2D eigenvalue weighted by Gasteiger charge is -2.21. The molecule has 0 spiro atoms. The lowest BCUT2D eigenvalue weighted by Crippen LogP contribution is -2.14. The minimum atomic E-state index is -1.93. The van der Waals surface area contributed by atoms with Gasteiger partial charge in [-0.25, -0.2) is 4.67 Å². The van der Waals surface area contributed by atoms with Crippen LogP contribution in [0.15, 0.2) is 30.3 Å². The zero-order chi connectivity index (χ0) is 10.0. The Balaban J connectivity index is 2.09. The van der Waals surface area contributed by atoms with Crippen molar-refractivity contribution in [2.24, 2.45) is 0 Å². The van der Waals surface area contributed by atoms with E-state index in [4.69, 9.17) is 23.0 Å². The quantitative estimate of drug-likeness (QED) is 0.808. The molecule has 1 atom stereocenters. The molecule has 0 amide bonds. The summed E-state index contributed by atoms with van der Waals surface area (Å²) in [6, 6.07) is 10.3. The van der Waals surface area contributed by atoms with Crippen LogP contribution in [0.5, 0.6) is 0 Å². The highest BCUT2D eigenvalue weighted by atomic mass is 35.7. The fraction of sp³-hybridized carbons (Fsp3) is 0.333. The van der Waals surface area contributed by atoms with Crippen LogP contribution in [-0.4, -0.2) is 17.8 Å². The normalized spacial score (nSPS) is 28.1. The molecule has 1 fully saturated rings. The van der Waals surface area contributed by atoms with Crippen molar-refractivity contribution in [3.8, 4) is 0 Å². The molecule has 2 nitrogen and oxygen atoms in total. The molecule has 14 heavy (non-hydrogen) atoms. The first-order valence-corrected chi connectivity index (χ1v) is 8.19. The number of hydrogen-bond donors (Lipinski definition) is 1. The fourth-order valence-electron chi connectivity index (χ4n) is 1.51. The van der Waals surface area contributed by atoms with Crippen LogP contribution in [0.3, 0.4) is 0 Å². The van der Waals surface area contributed by atoms with E-state index in [0.717, 1.165) is 19.6 Å². The summed E-state index contributed by atoms with van der Waals surface area (Å²) in [5, 5.41) is 3.18. The van der Waals surface area contributed by atoms with E-state index >= 15 is 0 Å². The molecular weight excluding hydrogens is 235 g/mol. The van der Waals surface area contributed by atoms with Gasteiger partial charge in [-0.05, 0) is 17.4 Å². The summed E-state index contributed by atoms with van der Waals surface area (Å²) >= 11 is 11.5. The van der Waals surface area contributed by atoms with Crippen LogP contribution in [-0.2, 0) is 18.4 Å². The molecule has 0 bridgehead atoms. The summed E-state index contributed by atoms with van der Waals surface area (Å²) in [6.45, 7) is 2.72. The van der Waals surface area contributed by atoms with E-state index in [1.807, 2.05) is 18.2 Å². The van der Waals surface area contributed by atoms with Crippen molar-refractivity contribution in [2.45, 2.75) is 6.54 Å². The number of nitrogens with one attached hydrogen (secondary N) is 1. The van der Waals surface area contributed by atoms with Crippen LogP contribution in [0.25, 0.3) is 0 Å². The Morgan fingerprint density at radius 2 is 2.14 bits per heavy atom. The Labute approximate surface area is 94.2 Å². The smallest absolute Gasteiger partial charge is 0.162 e. The van der Waals surface area contributed by atoms with Gasteiger partial charge in [0.2, 0.25) is 0 Å². The monoisotopic (exact) mass is 246 g/mol. The summed E-state index contributed by atoms with van der Waals surface area (Å²) in [5.41, 5.74) is -0.660. The third-order valence-corrected chi connectivity index (χ3v) is 6.01. The molecule has 1 aromatic carbocycles. The molecule has 0 saturated carbocycles. The van der Waals surface area contributed by atoms with E-state index in [1.54, 1.807) is 0 Å². The van der Waals surface area contributed by atoms with E-state index in [-0.39, 0.29) is 0 Å². The molecule has 0 aromatic heterocycles. The Hall–Kier alpha value is 0.0800. The molecular formula is C9H12ClN2PS. The number of benzene rings is 1. The number of nitrogens with zero attached hydrogens (tertiary/aromatic N) is 1. The van der Waals surface area contributed by atoms with E-state index < -0.39 is 5.69 Å². The molecule has 1 aromatic rings. The van der Waals surface area contributed by atoms with Crippen molar-refractivity contribution in [1.29, 1.82) is 0 Å². The number of halogens is 1. The van der Waals surface area contributed by atoms with E-state index in [0.29, 0.717) is 0 Å². The summed E-state index contributed by atoms with van der Waals surface area (Å²) in [6.07, 6.45) is 0. The largest absolute Gasteiger partial charge is 0.264 e. The van der Waals surface area contributed by atoms with Crippen molar-refractivity contribution < 1.29 is 0 Å². The van der Waals surface area contributed by atoms with Gasteiger partial charge < -0.3 is 0 Å². The van der Waals surface area contributed by atoms with E-state index in [2.05, 4.69) is 21.9 Å². The molecule has 2 rings (SSSR count). The Bertz CT molecular complexity index is 357. The van der Waals surface area contributed by atoms with Gasteiger partial charge in [0.25, 0.3) is 0 Å². The highest BCUT2D eigenvalue weighted by Crippen LogP contribution is 2.54. The third kappa shape index (κ3) is 2.36. The van der Waals surface area contributed by atoms with Gasteiger partial charge in [-0.2, -0.15) is 0 Å². The molecule has 1 saturated heterocycles. The second-order valence-corrected chi connectivity index (χ2v) is 8.82. The van der Waals surface area contributed by atoms with Gasteiger partial charge in [0.1, 0.15) is 0 Å². The van der Waals surface area contributed by atoms with Crippen molar-refractivity contribution >= 4 is 28.7 Å². The maximum absolute atomic E-state index is 6.22. The van der Waals surface area contributed by atoms with Gasteiger partial charge in [0.15, 0.2) is 5.69 Å². The number of hydrogen-bond acceptors (Lipinski definition) is 1. The molecule has 1 N–H and O–H groups in total. The Morgan fingerprint density at radius 3 is 2.71 bits per heavy atom. The SMILES string of the molecule is S=P1(Cl)NCCN1Cc1ccccc1. The molecule has 1 aliphatic heterocycles. The summed E-state index contributed by atoms with van der Waals surface area (Å²) in [4.78, 5) is 0. The minimum Gasteiger partial charge on any atom is -0.264 e. The molecule has 0 aliphatic carbocycles. The first kappa shape index (κ1) is 10.6. The average Bonchev–Trinajstić information content (AvgIpc) is 2.48. The first-order valence-electron chi connectivity index (χ1n) is 4.53. The molecule has 0 radical (unpaired) electrons. The van der Waals surface area contributed by atoms with Crippen LogP contribution in [0.1, 0.15) is 5.56 Å². The van der Waals surface area contributed by atoms with Crippen LogP contribution in [0.2, 0.25) is 0 Å². The van der Waals surface area contributed by atoms with Gasteiger partial charge in [0.05, 0.1) is 0 Å². The van der Waals surface area contributed by atoms with Crippen LogP contribution in [0.4, 0.5) is 0 Å². The van der Waals surface area contributed by atoms with Crippen molar-refractivity contribution in [1.82, 2.24) is 9.76 Å².